The lowest BCUT2D eigenvalue weighted by molar-refractivity contribution is -0.384. The summed E-state index contributed by atoms with van der Waals surface area (Å²) in [4.78, 5) is 52.2. The Hall–Kier alpha value is -6.98. The van der Waals surface area contributed by atoms with Crippen molar-refractivity contribution in [3.8, 4) is 11.6 Å². The van der Waals surface area contributed by atoms with Crippen molar-refractivity contribution in [3.05, 3.63) is 124 Å². The Morgan fingerprint density at radius 3 is 2.56 bits per heavy atom. The standard InChI is InChI=1S/C56H64FN11O9S/c1-35-5-3-4-6-42(35)48-33-64(32-37-23-49(74-2)52(57)61-30-37)18-19-66(48)40-27-56(28-40)13-16-65(17-14-56)39-25-46(67-44-12-22-76-34-50(44)77-55-47(67)24-38-9-15-58-53(38)62-55)51(60-31-39)54(69)63-78(72,73)41-7-8-43(45(26-41)68(70)71)59-29-36-10-20-75-21-11-36/h3-9,15,23-26,30-31,36,40,44,48,50,59H,10-14,16-22,27-29,32-34H2,1-2H3,(H,58,62)(H,63,69)/t44-,48-,50-/m0/s1. The first kappa shape index (κ1) is 51.8. The fraction of sp³-hybridized carbons (Fsp3) is 0.464. The third-order valence-electron chi connectivity index (χ3n) is 17.1. The van der Waals surface area contributed by atoms with Crippen LogP contribution in [0.25, 0.3) is 11.0 Å². The van der Waals surface area contributed by atoms with Gasteiger partial charge in [-0.1, -0.05) is 24.3 Å². The second kappa shape index (κ2) is 21.3. The van der Waals surface area contributed by atoms with E-state index in [9.17, 15) is 27.7 Å². The average molecular weight is 1090 g/mol. The monoisotopic (exact) mass is 1090 g/mol. The van der Waals surface area contributed by atoms with Gasteiger partial charge in [-0.15, -0.1) is 0 Å². The number of methoxy groups -OCH3 is 1. The number of piperazine rings is 1. The zero-order valence-corrected chi connectivity index (χ0v) is 44.6. The van der Waals surface area contributed by atoms with E-state index in [0.717, 1.165) is 94.0 Å². The number of H-pyrrole nitrogens is 1. The van der Waals surface area contributed by atoms with E-state index in [1.54, 1.807) is 24.7 Å². The number of halogens is 1. The lowest BCUT2D eigenvalue weighted by Crippen LogP contribution is -2.59. The van der Waals surface area contributed by atoms with Crippen LogP contribution in [0.2, 0.25) is 0 Å². The molecule has 1 amide bonds. The minimum Gasteiger partial charge on any atom is -0.492 e. The topological polar surface area (TPSA) is 223 Å². The molecule has 78 heavy (non-hydrogen) atoms. The summed E-state index contributed by atoms with van der Waals surface area (Å²) in [6.45, 7) is 9.31. The van der Waals surface area contributed by atoms with E-state index in [0.29, 0.717) is 68.3 Å². The van der Waals surface area contributed by atoms with Gasteiger partial charge in [0.2, 0.25) is 5.88 Å². The third kappa shape index (κ3) is 10.2. The number of hydrogen-bond donors (Lipinski definition) is 3. The summed E-state index contributed by atoms with van der Waals surface area (Å²) in [5, 5.41) is 16.3. The number of fused-ring (bicyclic) bond motifs is 3. The molecule has 5 fully saturated rings. The largest absolute Gasteiger partial charge is 0.492 e. The molecule has 6 aromatic rings. The summed E-state index contributed by atoms with van der Waals surface area (Å²) >= 11 is 0. The number of nitrogens with zero attached hydrogens (tertiary/aromatic N) is 8. The van der Waals surface area contributed by atoms with Crippen molar-refractivity contribution in [2.75, 3.05) is 87.9 Å². The van der Waals surface area contributed by atoms with Crippen LogP contribution in [0.3, 0.4) is 0 Å². The number of rotatable bonds is 14. The molecule has 20 nitrogen and oxygen atoms in total. The van der Waals surface area contributed by atoms with Gasteiger partial charge < -0.3 is 39.0 Å². The van der Waals surface area contributed by atoms with Crippen molar-refractivity contribution in [1.29, 1.82) is 0 Å². The molecule has 0 radical (unpaired) electrons. The smallest absolute Gasteiger partial charge is 0.293 e. The molecule has 12 rings (SSSR count). The fourth-order valence-corrected chi connectivity index (χ4v) is 13.8. The van der Waals surface area contributed by atoms with Crippen molar-refractivity contribution in [2.24, 2.45) is 11.3 Å². The van der Waals surface area contributed by atoms with Crippen molar-refractivity contribution < 1.29 is 41.5 Å². The van der Waals surface area contributed by atoms with Gasteiger partial charge in [0.1, 0.15) is 23.1 Å². The predicted octanol–water partition coefficient (Wildman–Crippen LogP) is 7.67. The molecular formula is C56H64FN11O9S. The van der Waals surface area contributed by atoms with E-state index in [1.165, 1.54) is 30.4 Å². The highest BCUT2D eigenvalue weighted by Crippen LogP contribution is 2.54. The molecule has 6 aliphatic rings. The molecule has 3 atom stereocenters. The molecular weight excluding hydrogens is 1020 g/mol. The van der Waals surface area contributed by atoms with Crippen molar-refractivity contribution in [1.82, 2.24) is 34.5 Å². The molecule has 2 aromatic carbocycles. The average Bonchev–Trinajstić information content (AvgIpc) is 3.98. The summed E-state index contributed by atoms with van der Waals surface area (Å²) in [6.07, 6.45) is 10.8. The number of carbonyl (C=O) groups is 1. The molecule has 410 valence electrons. The van der Waals surface area contributed by atoms with Gasteiger partial charge in [0.25, 0.3) is 27.6 Å². The van der Waals surface area contributed by atoms with Crippen LogP contribution in [0, 0.1) is 34.3 Å². The van der Waals surface area contributed by atoms with E-state index in [2.05, 4.69) is 65.9 Å². The number of aromatic nitrogens is 4. The SMILES string of the molecule is COc1cc(CN2CCN(C3CC4(CCN(c5cnc(C(=O)NS(=O)(=O)c6ccc(NCC7CCOCC7)c([N+](=O)[O-])c6)c(N6c7cc8cc[nH]c8nc7O[C@H]7COCC[C@@H]76)c5)CC4)C3)[C@H](c3ccccc3C)C2)cnc1F. The maximum absolute atomic E-state index is 14.7. The number of benzene rings is 2. The van der Waals surface area contributed by atoms with E-state index in [1.807, 2.05) is 23.1 Å². The molecule has 0 bridgehead atoms. The second-order valence-electron chi connectivity index (χ2n) is 21.8. The van der Waals surface area contributed by atoms with Gasteiger partial charge in [-0.2, -0.15) is 9.37 Å². The van der Waals surface area contributed by atoms with Crippen LogP contribution in [-0.2, 0) is 26.0 Å². The van der Waals surface area contributed by atoms with E-state index >= 15 is 0 Å². The Morgan fingerprint density at radius 1 is 0.962 bits per heavy atom. The van der Waals surface area contributed by atoms with Crippen LogP contribution in [0.1, 0.15) is 78.2 Å². The van der Waals surface area contributed by atoms with Gasteiger partial charge in [0.05, 0.1) is 47.1 Å². The molecule has 1 saturated carbocycles. The van der Waals surface area contributed by atoms with E-state index in [-0.39, 0.29) is 47.2 Å². The van der Waals surface area contributed by atoms with Crippen LogP contribution >= 0.6 is 0 Å². The minimum absolute atomic E-state index is 0.147. The molecule has 4 aromatic heterocycles. The molecule has 0 unspecified atom stereocenters. The maximum atomic E-state index is 14.7. The third-order valence-corrected chi connectivity index (χ3v) is 18.4. The number of aromatic amines is 1. The molecule has 5 aliphatic heterocycles. The first-order chi connectivity index (χ1) is 37.8. The number of nitro benzene ring substituents is 1. The zero-order valence-electron chi connectivity index (χ0n) is 43.7. The predicted molar refractivity (Wildman–Crippen MR) is 289 cm³/mol. The Balaban J connectivity index is 0.799. The molecule has 22 heteroatoms. The molecule has 9 heterocycles. The summed E-state index contributed by atoms with van der Waals surface area (Å²) in [5.74, 6) is -0.882. The first-order valence-electron chi connectivity index (χ1n) is 27.0. The van der Waals surface area contributed by atoms with Gasteiger partial charge in [-0.05, 0) is 116 Å². The number of nitro groups is 1. The van der Waals surface area contributed by atoms with Crippen molar-refractivity contribution in [2.45, 2.75) is 87.5 Å². The number of aryl methyl sites for hydroxylation is 1. The zero-order chi connectivity index (χ0) is 53.7. The van der Waals surface area contributed by atoms with Gasteiger partial charge in [-0.25, -0.2) is 23.1 Å². The molecule has 1 spiro atoms. The number of amides is 1. The number of ether oxygens (including phenoxy) is 4. The van der Waals surface area contributed by atoms with Gasteiger partial charge >= 0.3 is 0 Å². The number of pyridine rings is 3. The van der Waals surface area contributed by atoms with Gasteiger partial charge in [0.15, 0.2) is 11.4 Å². The normalized spacial score (nSPS) is 22.1. The first-order valence-corrected chi connectivity index (χ1v) is 28.5. The number of sulfonamides is 1. The number of piperidine rings is 1. The highest BCUT2D eigenvalue weighted by atomic mass is 32.2. The lowest BCUT2D eigenvalue weighted by Gasteiger charge is -2.58. The summed E-state index contributed by atoms with van der Waals surface area (Å²) in [5.41, 5.74) is 5.63. The van der Waals surface area contributed by atoms with Crippen LogP contribution in [0.15, 0.2) is 90.2 Å². The molecule has 1 aliphatic carbocycles. The summed E-state index contributed by atoms with van der Waals surface area (Å²) < 4.78 is 67.9. The Kier molecular flexibility index (Phi) is 14.2. The number of anilines is 4. The Bertz CT molecular complexity index is 3340. The van der Waals surface area contributed by atoms with Crippen LogP contribution in [0.5, 0.6) is 11.6 Å². The summed E-state index contributed by atoms with van der Waals surface area (Å²) in [6, 6.07) is 20.0. The Morgan fingerprint density at radius 2 is 1.77 bits per heavy atom. The number of carbonyl (C=O) groups excluding carboxylic acids is 1. The quantitative estimate of drug-likeness (QED) is 0.0541. The highest BCUT2D eigenvalue weighted by molar-refractivity contribution is 7.90. The van der Waals surface area contributed by atoms with E-state index in [4.69, 9.17) is 28.9 Å². The van der Waals surface area contributed by atoms with Gasteiger partial charge in [0, 0.05) is 102 Å². The second-order valence-corrected chi connectivity index (χ2v) is 23.5. The molecule has 3 N–H and O–H groups in total. The lowest BCUT2D eigenvalue weighted by atomic mass is 9.59. The van der Waals surface area contributed by atoms with Crippen molar-refractivity contribution in [3.63, 3.8) is 0 Å². The molecule has 4 saturated heterocycles. The number of nitrogens with one attached hydrogen (secondary N) is 3. The minimum atomic E-state index is -4.66. The van der Waals surface area contributed by atoms with Gasteiger partial charge in [-0.3, -0.25) is 24.7 Å². The Labute approximate surface area is 451 Å². The van der Waals surface area contributed by atoms with Crippen LogP contribution < -0.4 is 29.3 Å². The van der Waals surface area contributed by atoms with Crippen LogP contribution in [0.4, 0.5) is 32.8 Å². The fourth-order valence-electron chi connectivity index (χ4n) is 12.8. The summed E-state index contributed by atoms with van der Waals surface area (Å²) in [7, 11) is -3.21. The van der Waals surface area contributed by atoms with Crippen LogP contribution in [-0.4, -0.2) is 140 Å². The highest BCUT2D eigenvalue weighted by Gasteiger charge is 2.50. The van der Waals surface area contributed by atoms with Crippen molar-refractivity contribution >= 4 is 55.4 Å². The number of hydrogen-bond acceptors (Lipinski definition) is 17. The van der Waals surface area contributed by atoms with E-state index < -0.39 is 43.5 Å². The maximum Gasteiger partial charge on any atom is 0.293 e.